The topological polar surface area (TPSA) is 55.1 Å². The lowest BCUT2D eigenvalue weighted by Gasteiger charge is -2.29. The third kappa shape index (κ3) is 4.51. The first kappa shape index (κ1) is 16.0. The van der Waals surface area contributed by atoms with Crippen molar-refractivity contribution < 1.29 is 4.79 Å². The van der Waals surface area contributed by atoms with E-state index in [2.05, 4.69) is 35.6 Å². The van der Waals surface area contributed by atoms with Crippen LogP contribution >= 0.6 is 12.4 Å². The highest BCUT2D eigenvalue weighted by Gasteiger charge is 2.23. The molecule has 1 unspecified atom stereocenters. The van der Waals surface area contributed by atoms with Gasteiger partial charge in [0.15, 0.2) is 0 Å². The molecule has 106 valence electrons. The van der Waals surface area contributed by atoms with Crippen LogP contribution in [-0.4, -0.2) is 18.0 Å². The molecule has 0 heterocycles. The van der Waals surface area contributed by atoms with Crippen LogP contribution in [0.4, 0.5) is 0 Å². The van der Waals surface area contributed by atoms with E-state index >= 15 is 0 Å². The average Bonchev–Trinajstić information content (AvgIpc) is 2.40. The van der Waals surface area contributed by atoms with E-state index in [9.17, 15) is 4.79 Å². The van der Waals surface area contributed by atoms with E-state index in [0.29, 0.717) is 12.0 Å². The Labute approximate surface area is 121 Å². The summed E-state index contributed by atoms with van der Waals surface area (Å²) in [6, 6.07) is 10.5. The summed E-state index contributed by atoms with van der Waals surface area (Å²) in [5, 5.41) is 3.03. The second-order valence-electron chi connectivity index (χ2n) is 5.26. The molecule has 1 saturated carbocycles. The van der Waals surface area contributed by atoms with Gasteiger partial charge in [0.05, 0.1) is 6.04 Å². The van der Waals surface area contributed by atoms with Crippen molar-refractivity contribution in [3.05, 3.63) is 35.9 Å². The zero-order chi connectivity index (χ0) is 13.0. The summed E-state index contributed by atoms with van der Waals surface area (Å²) in [6.07, 6.45) is 4.40. The smallest absolute Gasteiger partial charge is 0.236 e. The number of benzene rings is 1. The summed E-state index contributed by atoms with van der Waals surface area (Å²) in [6.45, 7) is 1.73. The minimum Gasteiger partial charge on any atom is -0.352 e. The maximum atomic E-state index is 11.5. The largest absolute Gasteiger partial charge is 0.352 e. The third-order valence-electron chi connectivity index (χ3n) is 3.76. The SMILES string of the molecule is CC(N)C(=O)NC1CCC(c2ccccc2)CC1.Cl. The Balaban J connectivity index is 0.00000180. The van der Waals surface area contributed by atoms with Crippen molar-refractivity contribution in [1.82, 2.24) is 5.32 Å². The van der Waals surface area contributed by atoms with Gasteiger partial charge in [0.25, 0.3) is 0 Å². The van der Waals surface area contributed by atoms with Crippen LogP contribution in [0.3, 0.4) is 0 Å². The van der Waals surface area contributed by atoms with Crippen molar-refractivity contribution in [3.63, 3.8) is 0 Å². The molecule has 19 heavy (non-hydrogen) atoms. The lowest BCUT2D eigenvalue weighted by molar-refractivity contribution is -0.122. The fourth-order valence-electron chi connectivity index (χ4n) is 2.63. The van der Waals surface area contributed by atoms with E-state index in [0.717, 1.165) is 25.7 Å². The predicted octanol–water partition coefficient (Wildman–Crippen LogP) is 2.60. The number of nitrogens with two attached hydrogens (primary N) is 1. The monoisotopic (exact) mass is 282 g/mol. The van der Waals surface area contributed by atoms with E-state index in [-0.39, 0.29) is 18.3 Å². The second kappa shape index (κ2) is 7.51. The van der Waals surface area contributed by atoms with E-state index in [1.165, 1.54) is 5.56 Å². The van der Waals surface area contributed by atoms with Crippen LogP contribution in [0.15, 0.2) is 30.3 Å². The standard InChI is InChI=1S/C15H22N2O.ClH/c1-11(16)15(18)17-14-9-7-13(8-10-14)12-5-3-2-4-6-12;/h2-6,11,13-14H,7-10,16H2,1H3,(H,17,18);1H. The van der Waals surface area contributed by atoms with Crippen LogP contribution in [-0.2, 0) is 4.79 Å². The minimum absolute atomic E-state index is 0. The first-order valence-corrected chi connectivity index (χ1v) is 6.77. The maximum absolute atomic E-state index is 11.5. The first-order chi connectivity index (χ1) is 8.66. The van der Waals surface area contributed by atoms with Crippen LogP contribution in [0.25, 0.3) is 0 Å². The first-order valence-electron chi connectivity index (χ1n) is 6.77. The molecule has 0 aromatic heterocycles. The summed E-state index contributed by atoms with van der Waals surface area (Å²) in [5.74, 6) is 0.618. The number of amides is 1. The van der Waals surface area contributed by atoms with Gasteiger partial charge in [0, 0.05) is 6.04 Å². The van der Waals surface area contributed by atoms with Gasteiger partial charge < -0.3 is 11.1 Å². The molecule has 4 heteroatoms. The number of carbonyl (C=O) groups excluding carboxylic acids is 1. The molecule has 1 aliphatic rings. The van der Waals surface area contributed by atoms with Crippen LogP contribution in [0.2, 0.25) is 0 Å². The Morgan fingerprint density at radius 3 is 2.32 bits per heavy atom. The summed E-state index contributed by atoms with van der Waals surface area (Å²) in [4.78, 5) is 11.5. The van der Waals surface area contributed by atoms with Crippen molar-refractivity contribution in [1.29, 1.82) is 0 Å². The zero-order valence-corrected chi connectivity index (χ0v) is 12.2. The molecule has 0 aliphatic heterocycles. The number of hydrogen-bond acceptors (Lipinski definition) is 2. The number of carbonyl (C=O) groups is 1. The van der Waals surface area contributed by atoms with E-state index in [1.54, 1.807) is 6.92 Å². The van der Waals surface area contributed by atoms with Crippen LogP contribution in [0, 0.1) is 0 Å². The Morgan fingerprint density at radius 2 is 1.79 bits per heavy atom. The summed E-state index contributed by atoms with van der Waals surface area (Å²) in [7, 11) is 0. The highest BCUT2D eigenvalue weighted by atomic mass is 35.5. The molecule has 0 saturated heterocycles. The fraction of sp³-hybridized carbons (Fsp3) is 0.533. The normalized spacial score (nSPS) is 24.1. The maximum Gasteiger partial charge on any atom is 0.236 e. The van der Waals surface area contributed by atoms with Gasteiger partial charge in [-0.15, -0.1) is 12.4 Å². The molecule has 2 rings (SSSR count). The highest BCUT2D eigenvalue weighted by Crippen LogP contribution is 2.32. The lowest BCUT2D eigenvalue weighted by atomic mass is 9.82. The van der Waals surface area contributed by atoms with Crippen LogP contribution in [0.1, 0.15) is 44.1 Å². The molecule has 0 bridgehead atoms. The van der Waals surface area contributed by atoms with Crippen molar-refractivity contribution in [3.8, 4) is 0 Å². The quantitative estimate of drug-likeness (QED) is 0.895. The Kier molecular flexibility index (Phi) is 6.32. The minimum atomic E-state index is -0.406. The number of hydrogen-bond donors (Lipinski definition) is 2. The molecule has 1 aliphatic carbocycles. The number of halogens is 1. The fourth-order valence-corrected chi connectivity index (χ4v) is 2.63. The molecule has 1 aromatic rings. The van der Waals surface area contributed by atoms with Gasteiger partial charge in [-0.05, 0) is 44.1 Å². The van der Waals surface area contributed by atoms with Crippen LogP contribution < -0.4 is 11.1 Å². The molecular formula is C15H23ClN2O. The van der Waals surface area contributed by atoms with E-state index < -0.39 is 6.04 Å². The summed E-state index contributed by atoms with van der Waals surface area (Å²) < 4.78 is 0. The summed E-state index contributed by atoms with van der Waals surface area (Å²) in [5.41, 5.74) is 6.98. The predicted molar refractivity (Wildman–Crippen MR) is 80.5 cm³/mol. The van der Waals surface area contributed by atoms with Gasteiger partial charge in [0.2, 0.25) is 5.91 Å². The Morgan fingerprint density at radius 1 is 1.21 bits per heavy atom. The van der Waals surface area contributed by atoms with E-state index in [1.807, 2.05) is 0 Å². The van der Waals surface area contributed by atoms with Gasteiger partial charge in [-0.2, -0.15) is 0 Å². The molecular weight excluding hydrogens is 260 g/mol. The van der Waals surface area contributed by atoms with Gasteiger partial charge in [-0.3, -0.25) is 4.79 Å². The average molecular weight is 283 g/mol. The van der Waals surface area contributed by atoms with Crippen molar-refractivity contribution in [2.75, 3.05) is 0 Å². The molecule has 1 amide bonds. The third-order valence-corrected chi connectivity index (χ3v) is 3.76. The van der Waals surface area contributed by atoms with Crippen molar-refractivity contribution in [2.24, 2.45) is 5.73 Å². The number of nitrogens with one attached hydrogen (secondary N) is 1. The molecule has 0 radical (unpaired) electrons. The van der Waals surface area contributed by atoms with Gasteiger partial charge >= 0.3 is 0 Å². The summed E-state index contributed by atoms with van der Waals surface area (Å²) >= 11 is 0. The van der Waals surface area contributed by atoms with E-state index in [4.69, 9.17) is 5.73 Å². The molecule has 3 N–H and O–H groups in total. The van der Waals surface area contributed by atoms with Gasteiger partial charge in [-0.1, -0.05) is 30.3 Å². The van der Waals surface area contributed by atoms with Crippen molar-refractivity contribution >= 4 is 18.3 Å². The molecule has 0 spiro atoms. The second-order valence-corrected chi connectivity index (χ2v) is 5.26. The lowest BCUT2D eigenvalue weighted by Crippen LogP contribution is -2.45. The van der Waals surface area contributed by atoms with Gasteiger partial charge in [-0.25, -0.2) is 0 Å². The molecule has 3 nitrogen and oxygen atoms in total. The number of rotatable bonds is 3. The Hall–Kier alpha value is -1.06. The molecule has 1 aromatic carbocycles. The molecule has 1 atom stereocenters. The van der Waals surface area contributed by atoms with Crippen molar-refractivity contribution in [2.45, 2.75) is 50.6 Å². The van der Waals surface area contributed by atoms with Crippen LogP contribution in [0.5, 0.6) is 0 Å². The molecule has 1 fully saturated rings. The zero-order valence-electron chi connectivity index (χ0n) is 11.3. The van der Waals surface area contributed by atoms with Gasteiger partial charge in [0.1, 0.15) is 0 Å². The highest BCUT2D eigenvalue weighted by molar-refractivity contribution is 5.85. The Bertz CT molecular complexity index is 386.